The second-order valence-electron chi connectivity index (χ2n) is 12.6. The molecule has 10 rings (SSSR count). The van der Waals surface area contributed by atoms with E-state index in [1.807, 2.05) is 0 Å². The first-order chi connectivity index (χ1) is 37.3. The van der Waals surface area contributed by atoms with Gasteiger partial charge in [-0.15, -0.1) is 0 Å². The minimum absolute atomic E-state index is 0.00834. The van der Waals surface area contributed by atoms with Gasteiger partial charge >= 0.3 is 0 Å². The summed E-state index contributed by atoms with van der Waals surface area (Å²) < 4.78 is 198. The summed E-state index contributed by atoms with van der Waals surface area (Å²) in [5.74, 6) is -1.23. The van der Waals surface area contributed by atoms with Crippen LogP contribution in [-0.4, -0.2) is 35.3 Å². The van der Waals surface area contributed by atoms with Crippen LogP contribution in [0.4, 0.5) is 0 Å². The highest BCUT2D eigenvalue weighted by Crippen LogP contribution is 2.30. The molecule has 1 N–H and O–H groups in total. The predicted molar refractivity (Wildman–Crippen MR) is 242 cm³/mol. The number of nitrogens with zero attached hydrogens (tertiary/aromatic N) is 4. The van der Waals surface area contributed by atoms with Crippen molar-refractivity contribution in [2.45, 2.75) is 0 Å². The molecule has 5 nitrogen and oxygen atoms in total. The molecule has 0 unspecified atom stereocenters. The van der Waals surface area contributed by atoms with E-state index in [9.17, 15) is 12.3 Å². The van der Waals surface area contributed by atoms with Crippen LogP contribution in [0.25, 0.3) is 43.6 Å². The fourth-order valence-corrected chi connectivity index (χ4v) is 11.3. The molecule has 2 heterocycles. The van der Waals surface area contributed by atoms with Crippen LogP contribution in [0.1, 0.15) is 35.7 Å². The number of amidine groups is 1. The van der Waals surface area contributed by atoms with Gasteiger partial charge in [-0.2, -0.15) is 4.99 Å². The maximum atomic E-state index is 9.84. The van der Waals surface area contributed by atoms with E-state index in [1.165, 1.54) is 28.8 Å². The Labute approximate surface area is 362 Å². The van der Waals surface area contributed by atoms with E-state index in [0.29, 0.717) is 0 Å². The third kappa shape index (κ3) is 5.74. The van der Waals surface area contributed by atoms with Gasteiger partial charge in [0.2, 0.25) is 5.96 Å². The lowest BCUT2D eigenvalue weighted by Crippen LogP contribution is -2.74. The molecule has 8 aromatic carbocycles. The van der Waals surface area contributed by atoms with Gasteiger partial charge in [-0.3, -0.25) is 14.5 Å². The molecule has 0 atom stereocenters. The summed E-state index contributed by atoms with van der Waals surface area (Å²) >= 11 is 0. The fraction of sp³-hybridized carbons (Fsp3) is 0. The Morgan fingerprint density at radius 1 is 0.491 bits per heavy atom. The van der Waals surface area contributed by atoms with Crippen LogP contribution in [0.3, 0.4) is 0 Å². The smallest absolute Gasteiger partial charge is 0.238 e. The van der Waals surface area contributed by atoms with Gasteiger partial charge in [-0.25, -0.2) is 4.99 Å². The number of aliphatic imine (C=N–C) groups is 2. The molecule has 270 valence electrons. The molecule has 0 aliphatic heterocycles. The average Bonchev–Trinajstić information content (AvgIpc) is 4.24. The molecule has 10 aromatic rings. The first kappa shape index (κ1) is 18.0. The molecule has 57 heavy (non-hydrogen) atoms. The second-order valence-corrected chi connectivity index (χ2v) is 16.2. The molecule has 0 aliphatic carbocycles. The van der Waals surface area contributed by atoms with Gasteiger partial charge < -0.3 is 0 Å². The Hall–Kier alpha value is -7.41. The Kier molecular flexibility index (Phi) is 4.54. The molecule has 0 aliphatic rings. The zero-order valence-electron chi connectivity index (χ0n) is 51.4. The van der Waals surface area contributed by atoms with Gasteiger partial charge in [0.05, 0.1) is 52.2 Å². The summed E-state index contributed by atoms with van der Waals surface area (Å²) in [5, 5.41) is 9.08. The molecule has 0 spiro atoms. The van der Waals surface area contributed by atoms with Crippen molar-refractivity contribution in [2.75, 3.05) is 0 Å². The standard InChI is InChI=1S/C51H37N5Si/c52-50(37-19-18-26-41(35-37)57(38-20-4-1-5-21-38,39-22-6-2-7-23-39)40-24-8-3-9-25-40)54-51(56-48-33-16-12-29-44(48)45-30-13-17-34-49(45)56)53-36-55-46-31-14-10-27-42(46)43-28-11-15-32-47(43)55/h1-36,52H/i1D,2D,4D,5D,6D,7D,10D,11D,12D,14D,15D,16D,20D,21D,22D,23D,27D,28D,29D,31D,32D,33D. The lowest BCUT2D eigenvalue weighted by Gasteiger charge is -2.34. The van der Waals surface area contributed by atoms with Crippen molar-refractivity contribution in [3.63, 3.8) is 0 Å². The maximum absolute atomic E-state index is 9.84. The predicted octanol–water partition coefficient (Wildman–Crippen LogP) is 9.09. The van der Waals surface area contributed by atoms with Gasteiger partial charge in [0.25, 0.3) is 0 Å². The summed E-state index contributed by atoms with van der Waals surface area (Å²) in [6.07, 6.45) is 0.949. The SMILES string of the molecule is [2H]c1c([2H])c([2H])c([Si](c2ccccc2)(c2cccc(C(=N)N=C(N=Cn3c4c([2H])c([2H])c([2H])c([2H])c4c4c([2H])c([2H])c([2H])c([2H])c43)n3c4ccccc4c4c([2H])c([2H])c([2H])c([2H])c43)c2)c2c([2H])c([2H])c([2H])c([2H])c2[2H])c([2H])c1[2H]. The van der Waals surface area contributed by atoms with Gasteiger partial charge in [-0.1, -0.05) is 188 Å². The molecule has 2 aromatic heterocycles. The fourth-order valence-electron chi connectivity index (χ4n) is 7.18. The highest BCUT2D eigenvalue weighted by atomic mass is 28.3. The van der Waals surface area contributed by atoms with Crippen LogP contribution in [0.15, 0.2) is 222 Å². The number of nitrogens with one attached hydrogen (secondary N) is 1. The minimum atomic E-state index is -4.85. The van der Waals surface area contributed by atoms with Crippen molar-refractivity contribution in [3.05, 3.63) is 217 Å². The van der Waals surface area contributed by atoms with E-state index in [2.05, 4.69) is 0 Å². The Bertz CT molecular complexity index is 4230. The van der Waals surface area contributed by atoms with Crippen LogP contribution in [0.5, 0.6) is 0 Å². The van der Waals surface area contributed by atoms with Crippen molar-refractivity contribution in [1.29, 1.82) is 5.41 Å². The Morgan fingerprint density at radius 2 is 1.02 bits per heavy atom. The monoisotopic (exact) mass is 769 g/mol. The highest BCUT2D eigenvalue weighted by molar-refractivity contribution is 7.19. The van der Waals surface area contributed by atoms with Crippen LogP contribution in [-0.2, 0) is 0 Å². The molecule has 0 saturated heterocycles. The maximum Gasteiger partial charge on any atom is 0.238 e. The number of aromatic nitrogens is 2. The quantitative estimate of drug-likeness (QED) is 0.0760. The van der Waals surface area contributed by atoms with Crippen LogP contribution < -0.4 is 20.7 Å². The molecular weight excluding hydrogens is 711 g/mol. The van der Waals surface area contributed by atoms with E-state index >= 15 is 0 Å². The van der Waals surface area contributed by atoms with E-state index in [4.69, 9.17) is 33.3 Å². The molecule has 0 bridgehead atoms. The van der Waals surface area contributed by atoms with Crippen molar-refractivity contribution in [3.8, 4) is 0 Å². The lowest BCUT2D eigenvalue weighted by molar-refractivity contribution is 1.21. The topological polar surface area (TPSA) is 58.4 Å². The second kappa shape index (κ2) is 14.3. The molecule has 0 saturated carbocycles. The highest BCUT2D eigenvalue weighted by Gasteiger charge is 2.41. The summed E-state index contributed by atoms with van der Waals surface area (Å²) in [6.45, 7) is 0. The van der Waals surface area contributed by atoms with E-state index in [1.54, 1.807) is 54.6 Å². The molecule has 0 amide bonds. The van der Waals surface area contributed by atoms with E-state index in [0.717, 1.165) is 10.9 Å². The van der Waals surface area contributed by atoms with Gasteiger partial charge in [0.15, 0.2) is 13.9 Å². The molecular formula is C51H37N5Si. The number of benzene rings is 8. The Balaban J connectivity index is 1.33. The first-order valence-corrected chi connectivity index (χ1v) is 19.4. The first-order valence-electron chi connectivity index (χ1n) is 28.4. The van der Waals surface area contributed by atoms with E-state index < -0.39 is 153 Å². The number of hydrogen-bond acceptors (Lipinski definition) is 1. The third-order valence-electron chi connectivity index (χ3n) is 9.60. The number of hydrogen-bond donors (Lipinski definition) is 1. The summed E-state index contributed by atoms with van der Waals surface area (Å²) in [4.78, 5) is 9.40. The van der Waals surface area contributed by atoms with Crippen molar-refractivity contribution >= 4 is 90.6 Å². The number of fused-ring (bicyclic) bond motifs is 6. The minimum Gasteiger partial charge on any atom is -0.300 e. The number of para-hydroxylation sites is 4. The summed E-state index contributed by atoms with van der Waals surface area (Å²) in [6, 6.07) is 4.74. The average molecular weight is 770 g/mol. The molecule has 0 fully saturated rings. The molecule has 0 radical (unpaired) electrons. The largest absolute Gasteiger partial charge is 0.300 e. The third-order valence-corrected chi connectivity index (χ3v) is 14.0. The summed E-state index contributed by atoms with van der Waals surface area (Å²) in [7, 11) is -4.85. The van der Waals surface area contributed by atoms with E-state index in [-0.39, 0.29) is 69.9 Å². The normalized spacial score (nSPS) is 17.7. The van der Waals surface area contributed by atoms with Gasteiger partial charge in [-0.05, 0) is 44.9 Å². The van der Waals surface area contributed by atoms with Crippen molar-refractivity contribution in [2.24, 2.45) is 9.98 Å². The van der Waals surface area contributed by atoms with Crippen LogP contribution in [0.2, 0.25) is 0 Å². The zero-order valence-corrected chi connectivity index (χ0v) is 30.4. The Morgan fingerprint density at radius 3 is 1.67 bits per heavy atom. The van der Waals surface area contributed by atoms with Crippen LogP contribution in [0, 0.1) is 5.41 Å². The number of rotatable bonds is 6. The van der Waals surface area contributed by atoms with Crippen molar-refractivity contribution < 1.29 is 30.2 Å². The van der Waals surface area contributed by atoms with Crippen molar-refractivity contribution in [1.82, 2.24) is 9.13 Å². The summed E-state index contributed by atoms with van der Waals surface area (Å²) in [5.41, 5.74) is -0.781. The van der Waals surface area contributed by atoms with Crippen LogP contribution >= 0.6 is 0 Å². The van der Waals surface area contributed by atoms with Gasteiger partial charge in [0.1, 0.15) is 6.34 Å². The molecule has 6 heteroatoms. The lowest BCUT2D eigenvalue weighted by atomic mass is 10.2. The van der Waals surface area contributed by atoms with Gasteiger partial charge in [0, 0.05) is 27.1 Å². The zero-order chi connectivity index (χ0) is 57.3.